The molecule has 100 valence electrons. The number of hydrogen-bond donors (Lipinski definition) is 1. The van der Waals surface area contributed by atoms with E-state index < -0.39 is 9.84 Å². The second-order valence-electron chi connectivity index (χ2n) is 4.13. The third kappa shape index (κ3) is 2.56. The molecule has 2 aromatic rings. The molecular formula is C14H14O4S. The zero-order chi connectivity index (χ0) is 14.0. The Hall–Kier alpha value is -2.01. The maximum Gasteiger partial charge on any atom is 0.206 e. The van der Waals surface area contributed by atoms with Crippen molar-refractivity contribution in [2.24, 2.45) is 0 Å². The lowest BCUT2D eigenvalue weighted by atomic mass is 10.2. The molecule has 4 nitrogen and oxygen atoms in total. The topological polar surface area (TPSA) is 63.6 Å². The Labute approximate surface area is 112 Å². The van der Waals surface area contributed by atoms with Gasteiger partial charge in [-0.2, -0.15) is 0 Å². The summed E-state index contributed by atoms with van der Waals surface area (Å²) in [5.41, 5.74) is 0.618. The Morgan fingerprint density at radius 2 is 1.68 bits per heavy atom. The molecule has 0 saturated heterocycles. The van der Waals surface area contributed by atoms with E-state index in [4.69, 9.17) is 4.74 Å². The van der Waals surface area contributed by atoms with Crippen molar-refractivity contribution in [3.8, 4) is 11.5 Å². The number of hydrogen-bond acceptors (Lipinski definition) is 4. The summed E-state index contributed by atoms with van der Waals surface area (Å²) < 4.78 is 29.9. The summed E-state index contributed by atoms with van der Waals surface area (Å²) in [6.07, 6.45) is 0. The molecule has 0 aliphatic carbocycles. The summed E-state index contributed by atoms with van der Waals surface area (Å²) in [6.45, 7) is 1.72. The third-order valence-electron chi connectivity index (χ3n) is 2.82. The molecule has 0 aliphatic heterocycles. The fraction of sp³-hybridized carbons (Fsp3) is 0.143. The first kappa shape index (κ1) is 13.4. The summed E-state index contributed by atoms with van der Waals surface area (Å²) in [6, 6.07) is 10.3. The molecule has 0 fully saturated rings. The summed E-state index contributed by atoms with van der Waals surface area (Å²) in [4.78, 5) is 0.387. The zero-order valence-corrected chi connectivity index (χ0v) is 11.4. The zero-order valence-electron chi connectivity index (χ0n) is 10.6. The maximum atomic E-state index is 12.4. The average Bonchev–Trinajstić information content (AvgIpc) is 2.38. The van der Waals surface area contributed by atoms with Crippen LogP contribution in [0.2, 0.25) is 0 Å². The lowest BCUT2D eigenvalue weighted by Gasteiger charge is -2.09. The van der Waals surface area contributed by atoms with E-state index in [2.05, 4.69) is 0 Å². The van der Waals surface area contributed by atoms with Gasteiger partial charge < -0.3 is 9.84 Å². The first-order chi connectivity index (χ1) is 8.95. The normalized spacial score (nSPS) is 11.3. The standard InChI is InChI=1S/C14H14O4S/c1-10-9-12(18-2)5-8-14(10)19(16,17)13-6-3-11(15)4-7-13/h3-9,15H,1-2H3. The average molecular weight is 278 g/mol. The molecule has 0 amide bonds. The van der Waals surface area contributed by atoms with Crippen molar-refractivity contribution in [2.75, 3.05) is 7.11 Å². The molecule has 0 atom stereocenters. The van der Waals surface area contributed by atoms with Crippen LogP contribution in [0, 0.1) is 6.92 Å². The van der Waals surface area contributed by atoms with E-state index >= 15 is 0 Å². The first-order valence-electron chi connectivity index (χ1n) is 5.64. The quantitative estimate of drug-likeness (QED) is 0.937. The Kier molecular flexibility index (Phi) is 3.48. The van der Waals surface area contributed by atoms with Crippen molar-refractivity contribution in [2.45, 2.75) is 16.7 Å². The molecule has 0 unspecified atom stereocenters. The van der Waals surface area contributed by atoms with Gasteiger partial charge in [0.25, 0.3) is 0 Å². The molecule has 0 aliphatic rings. The summed E-state index contributed by atoms with van der Waals surface area (Å²) in [5.74, 6) is 0.646. The molecule has 0 radical (unpaired) electrons. The van der Waals surface area contributed by atoms with Crippen molar-refractivity contribution < 1.29 is 18.3 Å². The van der Waals surface area contributed by atoms with E-state index in [0.29, 0.717) is 11.3 Å². The van der Waals surface area contributed by atoms with Gasteiger partial charge >= 0.3 is 0 Å². The van der Waals surface area contributed by atoms with Crippen molar-refractivity contribution in [1.29, 1.82) is 0 Å². The Morgan fingerprint density at radius 3 is 2.21 bits per heavy atom. The van der Waals surface area contributed by atoms with Crippen LogP contribution in [-0.4, -0.2) is 20.6 Å². The van der Waals surface area contributed by atoms with Gasteiger partial charge in [0.15, 0.2) is 0 Å². The minimum atomic E-state index is -3.58. The highest BCUT2D eigenvalue weighted by Crippen LogP contribution is 2.27. The van der Waals surface area contributed by atoms with Crippen LogP contribution in [0.5, 0.6) is 11.5 Å². The van der Waals surface area contributed by atoms with Gasteiger partial charge in [0.1, 0.15) is 11.5 Å². The molecule has 0 spiro atoms. The SMILES string of the molecule is COc1ccc(S(=O)(=O)c2ccc(O)cc2)c(C)c1. The van der Waals surface area contributed by atoms with Gasteiger partial charge in [-0.1, -0.05) is 0 Å². The second kappa shape index (κ2) is 4.93. The largest absolute Gasteiger partial charge is 0.508 e. The summed E-state index contributed by atoms with van der Waals surface area (Å²) >= 11 is 0. The van der Waals surface area contributed by atoms with Gasteiger partial charge in [0, 0.05) is 0 Å². The van der Waals surface area contributed by atoms with Crippen molar-refractivity contribution in [1.82, 2.24) is 0 Å². The molecule has 0 saturated carbocycles. The third-order valence-corrected chi connectivity index (χ3v) is 4.75. The predicted octanol–water partition coefficient (Wildman–Crippen LogP) is 2.54. The Balaban J connectivity index is 2.53. The Morgan fingerprint density at radius 1 is 1.05 bits per heavy atom. The molecule has 0 bridgehead atoms. The molecule has 19 heavy (non-hydrogen) atoms. The van der Waals surface area contributed by atoms with Crippen LogP contribution in [0.1, 0.15) is 5.56 Å². The fourth-order valence-electron chi connectivity index (χ4n) is 1.80. The van der Waals surface area contributed by atoms with Crippen LogP contribution in [0.3, 0.4) is 0 Å². The first-order valence-corrected chi connectivity index (χ1v) is 7.12. The number of aryl methyl sites for hydroxylation is 1. The highest BCUT2D eigenvalue weighted by atomic mass is 32.2. The van der Waals surface area contributed by atoms with Gasteiger partial charge in [-0.05, 0) is 55.0 Å². The van der Waals surface area contributed by atoms with Crippen LogP contribution in [-0.2, 0) is 9.84 Å². The van der Waals surface area contributed by atoms with E-state index in [9.17, 15) is 13.5 Å². The monoisotopic (exact) mass is 278 g/mol. The van der Waals surface area contributed by atoms with Gasteiger partial charge in [-0.15, -0.1) is 0 Å². The Bertz CT molecular complexity index is 688. The van der Waals surface area contributed by atoms with E-state index in [0.717, 1.165) is 0 Å². The van der Waals surface area contributed by atoms with Crippen LogP contribution in [0.15, 0.2) is 52.3 Å². The molecular weight excluding hydrogens is 264 g/mol. The lowest BCUT2D eigenvalue weighted by molar-refractivity contribution is 0.414. The highest BCUT2D eigenvalue weighted by molar-refractivity contribution is 7.91. The number of sulfone groups is 1. The van der Waals surface area contributed by atoms with Crippen molar-refractivity contribution in [3.63, 3.8) is 0 Å². The predicted molar refractivity (Wildman–Crippen MR) is 71.3 cm³/mol. The molecule has 1 N–H and O–H groups in total. The van der Waals surface area contributed by atoms with E-state index in [-0.39, 0.29) is 15.5 Å². The van der Waals surface area contributed by atoms with Crippen LogP contribution in [0.25, 0.3) is 0 Å². The van der Waals surface area contributed by atoms with Crippen LogP contribution >= 0.6 is 0 Å². The number of benzene rings is 2. The molecule has 0 aromatic heterocycles. The van der Waals surface area contributed by atoms with E-state index in [1.165, 1.54) is 37.4 Å². The van der Waals surface area contributed by atoms with Crippen LogP contribution in [0.4, 0.5) is 0 Å². The minimum Gasteiger partial charge on any atom is -0.508 e. The second-order valence-corrected chi connectivity index (χ2v) is 6.05. The maximum absolute atomic E-state index is 12.4. The molecule has 0 heterocycles. The van der Waals surface area contributed by atoms with Crippen LogP contribution < -0.4 is 4.74 Å². The number of aromatic hydroxyl groups is 1. The van der Waals surface area contributed by atoms with Gasteiger partial charge in [-0.25, -0.2) is 8.42 Å². The molecule has 5 heteroatoms. The number of methoxy groups -OCH3 is 1. The van der Waals surface area contributed by atoms with Crippen molar-refractivity contribution in [3.05, 3.63) is 48.0 Å². The molecule has 2 rings (SSSR count). The number of phenolic OH excluding ortho intramolecular Hbond substituents is 1. The summed E-state index contributed by atoms with van der Waals surface area (Å²) in [5, 5.41) is 9.20. The summed E-state index contributed by atoms with van der Waals surface area (Å²) in [7, 11) is -2.05. The highest BCUT2D eigenvalue weighted by Gasteiger charge is 2.20. The van der Waals surface area contributed by atoms with Gasteiger partial charge in [0.05, 0.1) is 16.9 Å². The van der Waals surface area contributed by atoms with E-state index in [1.54, 1.807) is 19.1 Å². The fourth-order valence-corrected chi connectivity index (χ4v) is 3.28. The number of ether oxygens (including phenoxy) is 1. The van der Waals surface area contributed by atoms with E-state index in [1.807, 2.05) is 0 Å². The minimum absolute atomic E-state index is 0.0328. The van der Waals surface area contributed by atoms with Crippen molar-refractivity contribution >= 4 is 9.84 Å². The molecule has 2 aromatic carbocycles. The smallest absolute Gasteiger partial charge is 0.206 e. The lowest BCUT2D eigenvalue weighted by Crippen LogP contribution is -2.04. The van der Waals surface area contributed by atoms with Gasteiger partial charge in [0.2, 0.25) is 9.84 Å². The number of phenols is 1. The van der Waals surface area contributed by atoms with Gasteiger partial charge in [-0.3, -0.25) is 0 Å². The number of rotatable bonds is 3.